The molecule has 1 atom stereocenters. The zero-order chi connectivity index (χ0) is 8.65. The van der Waals surface area contributed by atoms with Gasteiger partial charge in [0.2, 0.25) is 0 Å². The third-order valence-electron chi connectivity index (χ3n) is 2.13. The first-order chi connectivity index (χ1) is 5.93. The van der Waals surface area contributed by atoms with Crippen LogP contribution < -0.4 is 5.32 Å². The number of rotatable bonds is 5. The van der Waals surface area contributed by atoms with Crippen molar-refractivity contribution in [3.8, 4) is 12.3 Å². The second kappa shape index (κ2) is 6.05. The summed E-state index contributed by atoms with van der Waals surface area (Å²) in [5.74, 6) is 3.36. The lowest BCUT2D eigenvalue weighted by atomic mass is 10.1. The molecule has 1 aliphatic heterocycles. The van der Waals surface area contributed by atoms with Gasteiger partial charge in [-0.15, -0.1) is 12.3 Å². The number of hydrogen-bond acceptors (Lipinski definition) is 2. The van der Waals surface area contributed by atoms with Gasteiger partial charge in [-0.2, -0.15) is 0 Å². The summed E-state index contributed by atoms with van der Waals surface area (Å²) in [5, 5.41) is 3.39. The number of hydrogen-bond donors (Lipinski definition) is 1. The minimum atomic E-state index is 0.732. The van der Waals surface area contributed by atoms with Crippen molar-refractivity contribution in [3.63, 3.8) is 0 Å². The Balaban J connectivity index is 1.85. The van der Waals surface area contributed by atoms with Crippen LogP contribution in [0.4, 0.5) is 0 Å². The summed E-state index contributed by atoms with van der Waals surface area (Å²) in [5.41, 5.74) is 0. The van der Waals surface area contributed by atoms with Crippen molar-refractivity contribution in [3.05, 3.63) is 0 Å². The zero-order valence-electron chi connectivity index (χ0n) is 7.51. The molecule has 1 rings (SSSR count). The molecule has 0 spiro atoms. The highest BCUT2D eigenvalue weighted by atomic mass is 16.5. The Labute approximate surface area is 74.7 Å². The third kappa shape index (κ3) is 3.75. The summed E-state index contributed by atoms with van der Waals surface area (Å²) in [6.45, 7) is 4.00. The Bertz CT molecular complexity index is 144. The van der Waals surface area contributed by atoms with E-state index in [2.05, 4.69) is 11.2 Å². The number of unbranched alkanes of at least 4 members (excludes halogenated alkanes) is 1. The first kappa shape index (κ1) is 9.57. The fourth-order valence-electron chi connectivity index (χ4n) is 1.37. The van der Waals surface area contributed by atoms with Crippen molar-refractivity contribution in [2.24, 2.45) is 5.92 Å². The van der Waals surface area contributed by atoms with Gasteiger partial charge in [0.05, 0.1) is 6.61 Å². The normalized spacial score (nSPS) is 22.4. The van der Waals surface area contributed by atoms with Crippen molar-refractivity contribution in [2.75, 3.05) is 26.3 Å². The van der Waals surface area contributed by atoms with Gasteiger partial charge in [0, 0.05) is 19.6 Å². The lowest BCUT2D eigenvalue weighted by Gasteiger charge is -2.07. The van der Waals surface area contributed by atoms with E-state index in [4.69, 9.17) is 11.2 Å². The van der Waals surface area contributed by atoms with Crippen LogP contribution in [0, 0.1) is 18.3 Å². The fourth-order valence-corrected chi connectivity index (χ4v) is 1.37. The number of terminal acetylenes is 1. The van der Waals surface area contributed by atoms with Crippen LogP contribution in [0.1, 0.15) is 19.3 Å². The molecule has 12 heavy (non-hydrogen) atoms. The van der Waals surface area contributed by atoms with Gasteiger partial charge in [-0.25, -0.2) is 0 Å². The zero-order valence-corrected chi connectivity index (χ0v) is 7.51. The van der Waals surface area contributed by atoms with E-state index in [0.717, 1.165) is 45.1 Å². The van der Waals surface area contributed by atoms with E-state index in [1.165, 1.54) is 6.42 Å². The van der Waals surface area contributed by atoms with Crippen LogP contribution in [-0.4, -0.2) is 26.3 Å². The standard InChI is InChI=1S/C10H17NO/c1-2-3-4-6-11-8-10-5-7-12-9-10/h1,10-11H,3-9H2. The molecule has 0 aromatic rings. The molecule has 2 nitrogen and oxygen atoms in total. The smallest absolute Gasteiger partial charge is 0.0507 e. The van der Waals surface area contributed by atoms with Gasteiger partial charge in [-0.3, -0.25) is 0 Å². The molecule has 0 saturated carbocycles. The van der Waals surface area contributed by atoms with Crippen LogP contribution in [0.25, 0.3) is 0 Å². The Kier molecular flexibility index (Phi) is 4.82. The maximum absolute atomic E-state index is 5.26. The topological polar surface area (TPSA) is 21.3 Å². The molecular weight excluding hydrogens is 150 g/mol. The molecule has 1 N–H and O–H groups in total. The van der Waals surface area contributed by atoms with Gasteiger partial charge < -0.3 is 10.1 Å². The quantitative estimate of drug-likeness (QED) is 0.487. The van der Waals surface area contributed by atoms with Gasteiger partial charge in [-0.05, 0) is 25.3 Å². The number of nitrogens with one attached hydrogen (secondary N) is 1. The molecule has 0 aromatic heterocycles. The summed E-state index contributed by atoms with van der Waals surface area (Å²) in [7, 11) is 0. The van der Waals surface area contributed by atoms with E-state index in [9.17, 15) is 0 Å². The molecule has 0 radical (unpaired) electrons. The number of ether oxygens (including phenoxy) is 1. The molecule has 1 fully saturated rings. The summed E-state index contributed by atoms with van der Waals surface area (Å²) in [4.78, 5) is 0. The molecule has 1 saturated heterocycles. The molecule has 2 heteroatoms. The first-order valence-electron chi connectivity index (χ1n) is 4.65. The summed E-state index contributed by atoms with van der Waals surface area (Å²) >= 11 is 0. The lowest BCUT2D eigenvalue weighted by Crippen LogP contribution is -2.23. The molecule has 0 bridgehead atoms. The SMILES string of the molecule is C#CCCCNCC1CCOC1. The lowest BCUT2D eigenvalue weighted by molar-refractivity contribution is 0.185. The van der Waals surface area contributed by atoms with E-state index >= 15 is 0 Å². The van der Waals surface area contributed by atoms with Crippen molar-refractivity contribution < 1.29 is 4.74 Å². The van der Waals surface area contributed by atoms with Crippen LogP contribution in [-0.2, 0) is 4.74 Å². The molecular formula is C10H17NO. The molecule has 0 amide bonds. The minimum absolute atomic E-state index is 0.732. The predicted molar refractivity (Wildman–Crippen MR) is 49.9 cm³/mol. The van der Waals surface area contributed by atoms with Crippen LogP contribution >= 0.6 is 0 Å². The van der Waals surface area contributed by atoms with E-state index in [-0.39, 0.29) is 0 Å². The van der Waals surface area contributed by atoms with E-state index < -0.39 is 0 Å². The van der Waals surface area contributed by atoms with Crippen molar-refractivity contribution in [1.29, 1.82) is 0 Å². The fraction of sp³-hybridized carbons (Fsp3) is 0.800. The maximum Gasteiger partial charge on any atom is 0.0507 e. The van der Waals surface area contributed by atoms with Crippen molar-refractivity contribution >= 4 is 0 Å². The average Bonchev–Trinajstić information content (AvgIpc) is 2.57. The molecule has 1 aliphatic rings. The van der Waals surface area contributed by atoms with Crippen LogP contribution in [0.5, 0.6) is 0 Å². The predicted octanol–water partition coefficient (Wildman–Crippen LogP) is 1.03. The molecule has 1 heterocycles. The Morgan fingerprint density at radius 3 is 3.17 bits per heavy atom. The van der Waals surface area contributed by atoms with Crippen LogP contribution in [0.2, 0.25) is 0 Å². The third-order valence-corrected chi connectivity index (χ3v) is 2.13. The monoisotopic (exact) mass is 167 g/mol. The first-order valence-corrected chi connectivity index (χ1v) is 4.65. The molecule has 68 valence electrons. The largest absolute Gasteiger partial charge is 0.381 e. The molecule has 0 aliphatic carbocycles. The Hall–Kier alpha value is -0.520. The summed E-state index contributed by atoms with van der Waals surface area (Å²) < 4.78 is 5.26. The highest BCUT2D eigenvalue weighted by Crippen LogP contribution is 2.10. The second-order valence-electron chi connectivity index (χ2n) is 3.24. The Morgan fingerprint density at radius 1 is 1.58 bits per heavy atom. The van der Waals surface area contributed by atoms with E-state index in [1.54, 1.807) is 0 Å². The minimum Gasteiger partial charge on any atom is -0.381 e. The van der Waals surface area contributed by atoms with Gasteiger partial charge in [-0.1, -0.05) is 0 Å². The van der Waals surface area contributed by atoms with Crippen LogP contribution in [0.3, 0.4) is 0 Å². The maximum atomic E-state index is 5.26. The van der Waals surface area contributed by atoms with Gasteiger partial charge in [0.25, 0.3) is 0 Å². The highest BCUT2D eigenvalue weighted by Gasteiger charge is 2.14. The summed E-state index contributed by atoms with van der Waals surface area (Å²) in [6, 6.07) is 0. The molecule has 1 unspecified atom stereocenters. The summed E-state index contributed by atoms with van der Waals surface area (Å²) in [6.07, 6.45) is 8.32. The van der Waals surface area contributed by atoms with Crippen LogP contribution in [0.15, 0.2) is 0 Å². The van der Waals surface area contributed by atoms with Crippen molar-refractivity contribution in [1.82, 2.24) is 5.32 Å². The second-order valence-corrected chi connectivity index (χ2v) is 3.24. The van der Waals surface area contributed by atoms with E-state index in [1.807, 2.05) is 0 Å². The highest BCUT2D eigenvalue weighted by molar-refractivity contribution is 4.83. The average molecular weight is 167 g/mol. The van der Waals surface area contributed by atoms with Gasteiger partial charge in [0.1, 0.15) is 0 Å². The van der Waals surface area contributed by atoms with E-state index in [0.29, 0.717) is 0 Å². The van der Waals surface area contributed by atoms with Gasteiger partial charge >= 0.3 is 0 Å². The van der Waals surface area contributed by atoms with Crippen molar-refractivity contribution in [2.45, 2.75) is 19.3 Å². The molecule has 0 aromatic carbocycles. The Morgan fingerprint density at radius 2 is 2.50 bits per heavy atom. The van der Waals surface area contributed by atoms with Gasteiger partial charge in [0.15, 0.2) is 0 Å².